The predicted molar refractivity (Wildman–Crippen MR) is 77.3 cm³/mol. The Hall–Kier alpha value is -1.26. The Kier molecular flexibility index (Phi) is 4.55. The number of hydrogen-bond acceptors (Lipinski definition) is 4. The molecule has 1 N–H and O–H groups in total. The maximum absolute atomic E-state index is 9.58. The molecule has 1 unspecified atom stereocenters. The summed E-state index contributed by atoms with van der Waals surface area (Å²) in [5, 5.41) is 9.58. The molecule has 112 valence electrons. The number of ether oxygens (including phenoxy) is 3. The lowest BCUT2D eigenvalue weighted by atomic mass is 10.1. The SMILES string of the molecule is COc1cc([C@@H](C)O)ccc1OCC1CCC(C)(C)O1. The van der Waals surface area contributed by atoms with Crippen molar-refractivity contribution in [1.82, 2.24) is 0 Å². The molecule has 0 bridgehead atoms. The largest absolute Gasteiger partial charge is 0.493 e. The van der Waals surface area contributed by atoms with E-state index in [4.69, 9.17) is 14.2 Å². The van der Waals surface area contributed by atoms with E-state index in [0.717, 1.165) is 18.4 Å². The van der Waals surface area contributed by atoms with E-state index in [1.807, 2.05) is 12.1 Å². The first-order chi connectivity index (χ1) is 9.41. The number of methoxy groups -OCH3 is 1. The second kappa shape index (κ2) is 6.02. The highest BCUT2D eigenvalue weighted by molar-refractivity contribution is 5.43. The van der Waals surface area contributed by atoms with Gasteiger partial charge in [0.15, 0.2) is 11.5 Å². The molecule has 0 aromatic heterocycles. The van der Waals surface area contributed by atoms with E-state index in [2.05, 4.69) is 13.8 Å². The van der Waals surface area contributed by atoms with Gasteiger partial charge in [0.05, 0.1) is 24.9 Å². The zero-order valence-corrected chi connectivity index (χ0v) is 12.7. The van der Waals surface area contributed by atoms with Crippen LogP contribution in [-0.2, 0) is 4.74 Å². The highest BCUT2D eigenvalue weighted by Crippen LogP contribution is 2.33. The normalized spacial score (nSPS) is 22.6. The zero-order chi connectivity index (χ0) is 14.8. The third kappa shape index (κ3) is 3.64. The van der Waals surface area contributed by atoms with Crippen LogP contribution in [0.25, 0.3) is 0 Å². The summed E-state index contributed by atoms with van der Waals surface area (Å²) in [6.07, 6.45) is 1.68. The number of benzene rings is 1. The smallest absolute Gasteiger partial charge is 0.161 e. The Balaban J connectivity index is 1.99. The van der Waals surface area contributed by atoms with Gasteiger partial charge < -0.3 is 19.3 Å². The third-order valence-electron chi connectivity index (χ3n) is 3.65. The summed E-state index contributed by atoms with van der Waals surface area (Å²) in [4.78, 5) is 0. The molecule has 1 heterocycles. The monoisotopic (exact) mass is 280 g/mol. The van der Waals surface area contributed by atoms with Crippen LogP contribution < -0.4 is 9.47 Å². The first-order valence-electron chi connectivity index (χ1n) is 7.08. The van der Waals surface area contributed by atoms with Crippen molar-refractivity contribution >= 4 is 0 Å². The summed E-state index contributed by atoms with van der Waals surface area (Å²) in [5.41, 5.74) is 0.765. The van der Waals surface area contributed by atoms with Gasteiger partial charge in [0.2, 0.25) is 0 Å². The van der Waals surface area contributed by atoms with Crippen LogP contribution in [0.4, 0.5) is 0 Å². The van der Waals surface area contributed by atoms with Gasteiger partial charge in [-0.1, -0.05) is 6.07 Å². The number of hydrogen-bond donors (Lipinski definition) is 1. The first-order valence-corrected chi connectivity index (χ1v) is 7.08. The molecule has 20 heavy (non-hydrogen) atoms. The van der Waals surface area contributed by atoms with Crippen molar-refractivity contribution in [1.29, 1.82) is 0 Å². The van der Waals surface area contributed by atoms with Crippen molar-refractivity contribution < 1.29 is 19.3 Å². The standard InChI is InChI=1S/C16H24O4/c1-11(17)12-5-6-14(15(9-12)18-4)19-10-13-7-8-16(2,3)20-13/h5-6,9,11,13,17H,7-8,10H2,1-4H3/t11-,13?/m1/s1. The third-order valence-corrected chi connectivity index (χ3v) is 3.65. The van der Waals surface area contributed by atoms with Crippen molar-refractivity contribution in [3.8, 4) is 11.5 Å². The Labute approximate surface area is 120 Å². The van der Waals surface area contributed by atoms with E-state index in [-0.39, 0.29) is 11.7 Å². The van der Waals surface area contributed by atoms with E-state index < -0.39 is 6.10 Å². The Morgan fingerprint density at radius 3 is 2.70 bits per heavy atom. The molecular weight excluding hydrogens is 256 g/mol. The van der Waals surface area contributed by atoms with E-state index in [0.29, 0.717) is 18.1 Å². The van der Waals surface area contributed by atoms with Crippen LogP contribution in [0.1, 0.15) is 45.3 Å². The van der Waals surface area contributed by atoms with Crippen molar-refractivity contribution in [2.45, 2.75) is 51.4 Å². The average Bonchev–Trinajstić information content (AvgIpc) is 2.75. The minimum Gasteiger partial charge on any atom is -0.493 e. The van der Waals surface area contributed by atoms with E-state index in [9.17, 15) is 5.11 Å². The van der Waals surface area contributed by atoms with Gasteiger partial charge in [-0.2, -0.15) is 0 Å². The zero-order valence-electron chi connectivity index (χ0n) is 12.7. The van der Waals surface area contributed by atoms with Crippen LogP contribution >= 0.6 is 0 Å². The molecular formula is C16H24O4. The van der Waals surface area contributed by atoms with E-state index >= 15 is 0 Å². The molecule has 1 aliphatic rings. The summed E-state index contributed by atoms with van der Waals surface area (Å²) in [5.74, 6) is 1.32. The minimum atomic E-state index is -0.517. The molecule has 1 aromatic carbocycles. The lowest BCUT2D eigenvalue weighted by molar-refractivity contribution is -0.0329. The molecule has 1 aromatic rings. The Bertz CT molecular complexity index is 454. The second-order valence-electron chi connectivity index (χ2n) is 5.94. The fourth-order valence-corrected chi connectivity index (χ4v) is 2.44. The van der Waals surface area contributed by atoms with Crippen LogP contribution in [0.2, 0.25) is 0 Å². The van der Waals surface area contributed by atoms with Crippen LogP contribution in [0.15, 0.2) is 18.2 Å². The fraction of sp³-hybridized carbons (Fsp3) is 0.625. The van der Waals surface area contributed by atoms with Gasteiger partial charge in [-0.25, -0.2) is 0 Å². The topological polar surface area (TPSA) is 47.9 Å². The molecule has 1 saturated heterocycles. The highest BCUT2D eigenvalue weighted by Gasteiger charge is 2.32. The maximum Gasteiger partial charge on any atom is 0.161 e. The summed E-state index contributed by atoms with van der Waals surface area (Å²) >= 11 is 0. The van der Waals surface area contributed by atoms with E-state index in [1.54, 1.807) is 20.1 Å². The van der Waals surface area contributed by atoms with Crippen molar-refractivity contribution in [2.75, 3.05) is 13.7 Å². The van der Waals surface area contributed by atoms with Gasteiger partial charge in [-0.15, -0.1) is 0 Å². The highest BCUT2D eigenvalue weighted by atomic mass is 16.6. The van der Waals surface area contributed by atoms with Gasteiger partial charge in [0.1, 0.15) is 6.61 Å². The molecule has 0 spiro atoms. The quantitative estimate of drug-likeness (QED) is 0.900. The molecule has 2 rings (SSSR count). The molecule has 0 aliphatic carbocycles. The molecule has 0 radical (unpaired) electrons. The lowest BCUT2D eigenvalue weighted by Crippen LogP contribution is -2.24. The first kappa shape index (κ1) is 15.1. The predicted octanol–water partition coefficient (Wildman–Crippen LogP) is 3.08. The van der Waals surface area contributed by atoms with Gasteiger partial charge in [-0.3, -0.25) is 0 Å². The molecule has 4 nitrogen and oxygen atoms in total. The molecule has 0 saturated carbocycles. The Morgan fingerprint density at radius 1 is 1.40 bits per heavy atom. The van der Waals surface area contributed by atoms with Crippen molar-refractivity contribution in [3.63, 3.8) is 0 Å². The average molecular weight is 280 g/mol. The number of aliphatic hydroxyl groups is 1. The summed E-state index contributed by atoms with van der Waals surface area (Å²) < 4.78 is 17.0. The van der Waals surface area contributed by atoms with Gasteiger partial charge >= 0.3 is 0 Å². The summed E-state index contributed by atoms with van der Waals surface area (Å²) in [6, 6.07) is 5.49. The Morgan fingerprint density at radius 2 is 2.15 bits per heavy atom. The van der Waals surface area contributed by atoms with Gasteiger partial charge in [-0.05, 0) is 51.3 Å². The van der Waals surface area contributed by atoms with Gasteiger partial charge in [0.25, 0.3) is 0 Å². The molecule has 0 amide bonds. The van der Waals surface area contributed by atoms with Crippen LogP contribution in [-0.4, -0.2) is 30.5 Å². The summed E-state index contributed by atoms with van der Waals surface area (Å²) in [6.45, 7) is 6.45. The minimum absolute atomic E-state index is 0.0473. The van der Waals surface area contributed by atoms with Crippen LogP contribution in [0.5, 0.6) is 11.5 Å². The lowest BCUT2D eigenvalue weighted by Gasteiger charge is -2.20. The maximum atomic E-state index is 9.58. The van der Waals surface area contributed by atoms with Gasteiger partial charge in [0, 0.05) is 0 Å². The number of aliphatic hydroxyl groups excluding tert-OH is 1. The fourth-order valence-electron chi connectivity index (χ4n) is 2.44. The van der Waals surface area contributed by atoms with Crippen molar-refractivity contribution in [2.24, 2.45) is 0 Å². The molecule has 1 fully saturated rings. The summed E-state index contributed by atoms with van der Waals surface area (Å²) in [7, 11) is 1.60. The van der Waals surface area contributed by atoms with Crippen molar-refractivity contribution in [3.05, 3.63) is 23.8 Å². The number of rotatable bonds is 5. The van der Waals surface area contributed by atoms with E-state index in [1.165, 1.54) is 0 Å². The molecule has 2 atom stereocenters. The molecule has 1 aliphatic heterocycles. The van der Waals surface area contributed by atoms with Crippen LogP contribution in [0, 0.1) is 0 Å². The second-order valence-corrected chi connectivity index (χ2v) is 5.94. The molecule has 4 heteroatoms. The van der Waals surface area contributed by atoms with Crippen LogP contribution in [0.3, 0.4) is 0 Å².